The Balaban J connectivity index is 1.80. The van der Waals surface area contributed by atoms with E-state index in [1.165, 1.54) is 4.90 Å². The van der Waals surface area contributed by atoms with Gasteiger partial charge in [0.25, 0.3) is 0 Å². The zero-order valence-electron chi connectivity index (χ0n) is 10.7. The van der Waals surface area contributed by atoms with Gasteiger partial charge in [-0.2, -0.15) is 0 Å². The van der Waals surface area contributed by atoms with Crippen LogP contribution in [0.2, 0.25) is 0 Å². The molecule has 1 aliphatic rings. The molecule has 92 valence electrons. The SMILES string of the molecule is CC(C)(C)[NH+]1C[C@H]1C(=O)OCc1ccccc1. The Kier molecular flexibility index (Phi) is 3.20. The van der Waals surface area contributed by atoms with Gasteiger partial charge in [0.2, 0.25) is 6.04 Å². The Labute approximate surface area is 102 Å². The van der Waals surface area contributed by atoms with E-state index in [4.69, 9.17) is 4.74 Å². The van der Waals surface area contributed by atoms with Crippen LogP contribution in [0.1, 0.15) is 26.3 Å². The molecule has 0 spiro atoms. The van der Waals surface area contributed by atoms with Crippen LogP contribution in [0.3, 0.4) is 0 Å². The molecule has 1 N–H and O–H groups in total. The molecule has 0 bridgehead atoms. The van der Waals surface area contributed by atoms with E-state index >= 15 is 0 Å². The minimum Gasteiger partial charge on any atom is -0.456 e. The number of rotatable bonds is 3. The summed E-state index contributed by atoms with van der Waals surface area (Å²) in [6.07, 6.45) is 0. The van der Waals surface area contributed by atoms with Crippen LogP contribution >= 0.6 is 0 Å². The number of hydrogen-bond donors (Lipinski definition) is 1. The monoisotopic (exact) mass is 234 g/mol. The topological polar surface area (TPSA) is 30.7 Å². The predicted molar refractivity (Wildman–Crippen MR) is 65.6 cm³/mol. The summed E-state index contributed by atoms with van der Waals surface area (Å²) in [7, 11) is 0. The summed E-state index contributed by atoms with van der Waals surface area (Å²) in [5.74, 6) is -0.0706. The predicted octanol–water partition coefficient (Wildman–Crippen LogP) is 0.795. The van der Waals surface area contributed by atoms with Crippen LogP contribution in [0.4, 0.5) is 0 Å². The first-order valence-electron chi connectivity index (χ1n) is 6.05. The van der Waals surface area contributed by atoms with Gasteiger partial charge in [0.1, 0.15) is 13.2 Å². The number of esters is 1. The number of quaternary nitrogens is 1. The summed E-state index contributed by atoms with van der Waals surface area (Å²) in [5, 5.41) is 0. The van der Waals surface area contributed by atoms with Gasteiger partial charge in [0, 0.05) is 0 Å². The van der Waals surface area contributed by atoms with Crippen molar-refractivity contribution in [1.29, 1.82) is 0 Å². The third-order valence-corrected chi connectivity index (χ3v) is 3.16. The maximum absolute atomic E-state index is 11.8. The molecule has 1 aromatic carbocycles. The highest BCUT2D eigenvalue weighted by Crippen LogP contribution is 2.06. The molecule has 0 aliphatic carbocycles. The van der Waals surface area contributed by atoms with Crippen LogP contribution in [0.5, 0.6) is 0 Å². The molecule has 1 unspecified atom stereocenters. The number of hydrogen-bond acceptors (Lipinski definition) is 2. The van der Waals surface area contributed by atoms with Crippen molar-refractivity contribution in [2.45, 2.75) is 39.0 Å². The lowest BCUT2D eigenvalue weighted by molar-refractivity contribution is -0.825. The third-order valence-electron chi connectivity index (χ3n) is 3.16. The van der Waals surface area contributed by atoms with Gasteiger partial charge in [-0.1, -0.05) is 30.3 Å². The van der Waals surface area contributed by atoms with E-state index in [2.05, 4.69) is 20.8 Å². The second kappa shape index (κ2) is 4.49. The molecule has 1 saturated heterocycles. The highest BCUT2D eigenvalue weighted by Gasteiger charge is 2.53. The van der Waals surface area contributed by atoms with Gasteiger partial charge in [0.05, 0.1) is 5.54 Å². The molecule has 1 heterocycles. The van der Waals surface area contributed by atoms with Crippen molar-refractivity contribution in [1.82, 2.24) is 0 Å². The smallest absolute Gasteiger partial charge is 0.371 e. The number of carbonyl (C=O) groups excluding carboxylic acids is 1. The van der Waals surface area contributed by atoms with Gasteiger partial charge in [-0.15, -0.1) is 0 Å². The van der Waals surface area contributed by atoms with Crippen molar-refractivity contribution in [3.63, 3.8) is 0 Å². The highest BCUT2D eigenvalue weighted by atomic mass is 16.5. The van der Waals surface area contributed by atoms with Crippen molar-refractivity contribution in [3.05, 3.63) is 35.9 Å². The van der Waals surface area contributed by atoms with Gasteiger partial charge in [-0.05, 0) is 26.3 Å². The largest absolute Gasteiger partial charge is 0.456 e. The van der Waals surface area contributed by atoms with Crippen LogP contribution in [0, 0.1) is 0 Å². The van der Waals surface area contributed by atoms with Crippen LogP contribution in [0.25, 0.3) is 0 Å². The third kappa shape index (κ3) is 3.07. The van der Waals surface area contributed by atoms with E-state index in [1.54, 1.807) is 0 Å². The zero-order chi connectivity index (χ0) is 12.5. The molecule has 0 radical (unpaired) electrons. The summed E-state index contributed by atoms with van der Waals surface area (Å²) in [5.41, 5.74) is 1.18. The highest BCUT2D eigenvalue weighted by molar-refractivity contribution is 5.76. The molecular weight excluding hydrogens is 214 g/mol. The molecule has 3 heteroatoms. The van der Waals surface area contributed by atoms with E-state index in [9.17, 15) is 4.79 Å². The molecule has 17 heavy (non-hydrogen) atoms. The number of ether oxygens (including phenoxy) is 1. The molecule has 3 nitrogen and oxygen atoms in total. The first-order valence-corrected chi connectivity index (χ1v) is 6.05. The minimum atomic E-state index is -0.0706. The molecule has 1 fully saturated rings. The molecular formula is C14H20NO2+. The average molecular weight is 234 g/mol. The first-order chi connectivity index (χ1) is 7.98. The second-order valence-electron chi connectivity index (χ2n) is 5.63. The van der Waals surface area contributed by atoms with E-state index < -0.39 is 0 Å². The summed E-state index contributed by atoms with van der Waals surface area (Å²) >= 11 is 0. The van der Waals surface area contributed by atoms with Crippen LogP contribution in [-0.4, -0.2) is 24.1 Å². The molecule has 2 atom stereocenters. The Bertz CT molecular complexity index is 394. The number of benzene rings is 1. The Hall–Kier alpha value is -1.35. The molecule has 0 aromatic heterocycles. The van der Waals surface area contributed by atoms with Crippen LogP contribution in [-0.2, 0) is 16.1 Å². The minimum absolute atomic E-state index is 0.0405. The van der Waals surface area contributed by atoms with E-state index in [-0.39, 0.29) is 17.6 Å². The van der Waals surface area contributed by atoms with Gasteiger partial charge < -0.3 is 9.64 Å². The first kappa shape index (κ1) is 12.1. The Morgan fingerprint density at radius 2 is 2.00 bits per heavy atom. The van der Waals surface area contributed by atoms with Gasteiger partial charge >= 0.3 is 5.97 Å². The fourth-order valence-corrected chi connectivity index (χ4v) is 2.04. The summed E-state index contributed by atoms with van der Waals surface area (Å²) < 4.78 is 5.32. The molecule has 2 rings (SSSR count). The van der Waals surface area contributed by atoms with Crippen molar-refractivity contribution in [3.8, 4) is 0 Å². The lowest BCUT2D eigenvalue weighted by Crippen LogP contribution is -3.04. The van der Waals surface area contributed by atoms with E-state index in [0.717, 1.165) is 12.1 Å². The van der Waals surface area contributed by atoms with E-state index in [0.29, 0.717) is 6.61 Å². The molecule has 0 saturated carbocycles. The number of nitrogens with one attached hydrogen (secondary N) is 1. The summed E-state index contributed by atoms with van der Waals surface area (Å²) in [4.78, 5) is 13.1. The van der Waals surface area contributed by atoms with Crippen molar-refractivity contribution in [2.75, 3.05) is 6.54 Å². The number of carbonyl (C=O) groups is 1. The van der Waals surface area contributed by atoms with Crippen molar-refractivity contribution >= 4 is 5.97 Å². The zero-order valence-corrected chi connectivity index (χ0v) is 10.7. The van der Waals surface area contributed by atoms with Gasteiger partial charge in [-0.3, -0.25) is 0 Å². The summed E-state index contributed by atoms with van der Waals surface area (Å²) in [6, 6.07) is 9.83. The van der Waals surface area contributed by atoms with Crippen molar-refractivity contribution in [2.24, 2.45) is 0 Å². The normalized spacial score (nSPS) is 23.2. The lowest BCUT2D eigenvalue weighted by atomic mass is 10.1. The fourth-order valence-electron chi connectivity index (χ4n) is 2.04. The van der Waals surface area contributed by atoms with Crippen LogP contribution in [0.15, 0.2) is 30.3 Å². The summed E-state index contributed by atoms with van der Waals surface area (Å²) in [6.45, 7) is 7.72. The van der Waals surface area contributed by atoms with E-state index in [1.807, 2.05) is 30.3 Å². The molecule has 1 aromatic rings. The van der Waals surface area contributed by atoms with Crippen LogP contribution < -0.4 is 4.90 Å². The average Bonchev–Trinajstić information content (AvgIpc) is 3.06. The maximum Gasteiger partial charge on any atom is 0.371 e. The molecule has 0 amide bonds. The quantitative estimate of drug-likeness (QED) is 0.619. The second-order valence-corrected chi connectivity index (χ2v) is 5.63. The Morgan fingerprint density at radius 3 is 2.53 bits per heavy atom. The Morgan fingerprint density at radius 1 is 1.35 bits per heavy atom. The molecule has 1 aliphatic heterocycles. The van der Waals surface area contributed by atoms with Crippen molar-refractivity contribution < 1.29 is 14.4 Å². The maximum atomic E-state index is 11.8. The standard InChI is InChI=1S/C14H19NO2/c1-14(2,3)15-9-12(15)13(16)17-10-11-7-5-4-6-8-11/h4-8,12H,9-10H2,1-3H3/p+1/t12-,15?/m0/s1. The van der Waals surface area contributed by atoms with Gasteiger partial charge in [0.15, 0.2) is 0 Å². The lowest BCUT2D eigenvalue weighted by Gasteiger charge is -2.16. The van der Waals surface area contributed by atoms with Gasteiger partial charge in [-0.25, -0.2) is 4.79 Å². The fraction of sp³-hybridized carbons (Fsp3) is 0.500.